The van der Waals surface area contributed by atoms with Crippen molar-refractivity contribution in [3.63, 3.8) is 0 Å². The fraction of sp³-hybridized carbons (Fsp3) is 0.0204. The highest BCUT2D eigenvalue weighted by Crippen LogP contribution is 2.43. The maximum absolute atomic E-state index is 14.9. The molecular formula is C49H36N3OP. The zero-order chi connectivity index (χ0) is 36.5. The van der Waals surface area contributed by atoms with Crippen LogP contribution in [0.2, 0.25) is 0 Å². The summed E-state index contributed by atoms with van der Waals surface area (Å²) in [4.78, 5) is 10.2. The van der Waals surface area contributed by atoms with Crippen LogP contribution in [0.1, 0.15) is 12.6 Å². The summed E-state index contributed by atoms with van der Waals surface area (Å²) in [6.07, 6.45) is 10.1. The molecule has 0 aliphatic heterocycles. The molecular weight excluding hydrogens is 678 g/mol. The maximum Gasteiger partial charge on any atom is 0.171 e. The summed E-state index contributed by atoms with van der Waals surface area (Å²) in [6.45, 7) is 2.00. The fourth-order valence-electron chi connectivity index (χ4n) is 7.23. The van der Waals surface area contributed by atoms with Gasteiger partial charge in [-0.05, 0) is 70.3 Å². The first-order chi connectivity index (χ1) is 26.6. The molecule has 0 saturated heterocycles. The van der Waals surface area contributed by atoms with Crippen LogP contribution in [-0.4, -0.2) is 14.4 Å². The van der Waals surface area contributed by atoms with Crippen molar-refractivity contribution in [1.29, 1.82) is 0 Å². The van der Waals surface area contributed by atoms with Crippen molar-refractivity contribution in [2.24, 2.45) is 0 Å². The van der Waals surface area contributed by atoms with Gasteiger partial charge in [0.1, 0.15) is 11.5 Å². The Bertz CT molecular complexity index is 2850. The van der Waals surface area contributed by atoms with E-state index in [0.29, 0.717) is 0 Å². The summed E-state index contributed by atoms with van der Waals surface area (Å²) < 4.78 is 17.0. The summed E-state index contributed by atoms with van der Waals surface area (Å²) in [6, 6.07) is 57.8. The van der Waals surface area contributed by atoms with Gasteiger partial charge in [-0.2, -0.15) is 0 Å². The Morgan fingerprint density at radius 3 is 1.76 bits per heavy atom. The molecule has 9 aromatic rings. The van der Waals surface area contributed by atoms with Crippen LogP contribution in [0.4, 0.5) is 0 Å². The molecule has 0 atom stereocenters. The van der Waals surface area contributed by atoms with Crippen molar-refractivity contribution >= 4 is 56.5 Å². The molecule has 258 valence electrons. The van der Waals surface area contributed by atoms with Crippen LogP contribution in [0.3, 0.4) is 0 Å². The Kier molecular flexibility index (Phi) is 8.67. The molecule has 0 unspecified atom stereocenters. The highest BCUT2D eigenvalue weighted by Gasteiger charge is 2.29. The monoisotopic (exact) mass is 713 g/mol. The smallest absolute Gasteiger partial charge is 0.171 e. The minimum absolute atomic E-state index is 0.834. The quantitative estimate of drug-likeness (QED) is 0.116. The first-order valence-corrected chi connectivity index (χ1v) is 19.8. The minimum atomic E-state index is -3.05. The molecule has 54 heavy (non-hydrogen) atoms. The zero-order valence-corrected chi connectivity index (χ0v) is 30.6. The standard InChI is InChI=1S/C49H36N3OP/c1-2-3-7-16-42-34-52-48(37-14-8-4-9-15-37)51-47-30-28-41(33-46(47)49(52)50-42)36-23-21-35(22-24-36)38-25-26-40-32-45(29-27-39(40)31-38)54(53,43-17-10-5-11-18-43)44-19-12-6-13-20-44/h2-34H,1H3/b3-2-,16-7-. The summed E-state index contributed by atoms with van der Waals surface area (Å²) >= 11 is 0. The number of hydrogen-bond donors (Lipinski definition) is 0. The van der Waals surface area contributed by atoms with E-state index in [1.54, 1.807) is 0 Å². The normalized spacial score (nSPS) is 12.1. The van der Waals surface area contributed by atoms with Gasteiger partial charge in [-0.3, -0.25) is 4.40 Å². The lowest BCUT2D eigenvalue weighted by atomic mass is 9.98. The number of rotatable bonds is 8. The number of imidazole rings is 1. The number of allylic oxidation sites excluding steroid dienone is 3. The van der Waals surface area contributed by atoms with Crippen molar-refractivity contribution in [3.8, 4) is 33.6 Å². The average Bonchev–Trinajstić information content (AvgIpc) is 3.68. The Morgan fingerprint density at radius 2 is 1.09 bits per heavy atom. The molecule has 0 spiro atoms. The lowest BCUT2D eigenvalue weighted by molar-refractivity contribution is 0.592. The van der Waals surface area contributed by atoms with E-state index < -0.39 is 7.14 Å². The third-order valence-corrected chi connectivity index (χ3v) is 13.1. The Hall–Kier alpha value is -6.61. The molecule has 0 saturated carbocycles. The topological polar surface area (TPSA) is 47.3 Å². The van der Waals surface area contributed by atoms with E-state index in [0.717, 1.165) is 82.6 Å². The summed E-state index contributed by atoms with van der Waals surface area (Å²) in [7, 11) is -3.05. The molecule has 0 bridgehead atoms. The van der Waals surface area contributed by atoms with E-state index >= 15 is 0 Å². The summed E-state index contributed by atoms with van der Waals surface area (Å²) in [5.74, 6) is 0.862. The molecule has 0 fully saturated rings. The van der Waals surface area contributed by atoms with E-state index in [-0.39, 0.29) is 0 Å². The van der Waals surface area contributed by atoms with Gasteiger partial charge >= 0.3 is 0 Å². The van der Waals surface area contributed by atoms with Gasteiger partial charge in [-0.1, -0.05) is 164 Å². The van der Waals surface area contributed by atoms with Crippen LogP contribution in [0.5, 0.6) is 0 Å². The summed E-state index contributed by atoms with van der Waals surface area (Å²) in [5.41, 5.74) is 8.18. The third kappa shape index (κ3) is 6.07. The largest absolute Gasteiger partial charge is 0.309 e. The number of fused-ring (bicyclic) bond motifs is 4. The predicted octanol–water partition coefficient (Wildman–Crippen LogP) is 11.3. The van der Waals surface area contributed by atoms with Crippen LogP contribution in [0.25, 0.3) is 67.0 Å². The molecule has 5 heteroatoms. The molecule has 9 rings (SSSR count). The van der Waals surface area contributed by atoms with Crippen molar-refractivity contribution < 1.29 is 4.57 Å². The van der Waals surface area contributed by atoms with Gasteiger partial charge in [-0.15, -0.1) is 0 Å². The number of nitrogens with zero attached hydrogens (tertiary/aromatic N) is 3. The van der Waals surface area contributed by atoms with Crippen LogP contribution < -0.4 is 15.9 Å². The number of benzene rings is 7. The van der Waals surface area contributed by atoms with E-state index in [9.17, 15) is 4.57 Å². The van der Waals surface area contributed by atoms with Gasteiger partial charge < -0.3 is 4.57 Å². The SMILES string of the molecule is C/C=C\C=C/c1cn2c(-c3ccccc3)nc3ccc(-c4ccc(-c5ccc6cc(P(=O)(c7ccccc7)c7ccccc7)ccc6c5)cc4)cc3c2n1. The third-order valence-electron chi connectivity index (χ3n) is 10.00. The van der Waals surface area contributed by atoms with Crippen molar-refractivity contribution in [3.05, 3.63) is 200 Å². The Labute approximate surface area is 314 Å². The highest BCUT2D eigenvalue weighted by molar-refractivity contribution is 7.85. The second kappa shape index (κ2) is 14.1. The van der Waals surface area contributed by atoms with Gasteiger partial charge in [0.15, 0.2) is 7.14 Å². The zero-order valence-electron chi connectivity index (χ0n) is 29.7. The minimum Gasteiger partial charge on any atom is -0.309 e. The first kappa shape index (κ1) is 33.2. The number of hydrogen-bond acceptors (Lipinski definition) is 3. The molecule has 0 aliphatic rings. The fourth-order valence-corrected chi connectivity index (χ4v) is 9.92. The predicted molar refractivity (Wildman–Crippen MR) is 228 cm³/mol. The van der Waals surface area contributed by atoms with Crippen LogP contribution in [0, 0.1) is 0 Å². The van der Waals surface area contributed by atoms with E-state index in [1.165, 1.54) is 0 Å². The molecule has 7 aromatic carbocycles. The second-order valence-electron chi connectivity index (χ2n) is 13.4. The lowest BCUT2D eigenvalue weighted by Gasteiger charge is -2.20. The van der Waals surface area contributed by atoms with Crippen molar-refractivity contribution in [2.45, 2.75) is 6.92 Å². The molecule has 0 aliphatic carbocycles. The average molecular weight is 714 g/mol. The van der Waals surface area contributed by atoms with E-state index in [4.69, 9.17) is 9.97 Å². The molecule has 0 radical (unpaired) electrons. The molecule has 2 aromatic heterocycles. The van der Waals surface area contributed by atoms with E-state index in [1.807, 2.05) is 116 Å². The summed E-state index contributed by atoms with van der Waals surface area (Å²) in [5, 5.41) is 5.67. The van der Waals surface area contributed by atoms with Gasteiger partial charge in [0.25, 0.3) is 0 Å². The van der Waals surface area contributed by atoms with Crippen LogP contribution in [0.15, 0.2) is 194 Å². The van der Waals surface area contributed by atoms with Gasteiger partial charge in [0, 0.05) is 33.1 Å². The van der Waals surface area contributed by atoms with Gasteiger partial charge in [0.2, 0.25) is 0 Å². The molecule has 0 N–H and O–H groups in total. The van der Waals surface area contributed by atoms with E-state index in [2.05, 4.69) is 95.5 Å². The lowest BCUT2D eigenvalue weighted by Crippen LogP contribution is -2.24. The maximum atomic E-state index is 14.9. The van der Waals surface area contributed by atoms with Crippen LogP contribution >= 0.6 is 7.14 Å². The molecule has 0 amide bonds. The van der Waals surface area contributed by atoms with Gasteiger partial charge in [0.05, 0.1) is 11.2 Å². The van der Waals surface area contributed by atoms with Crippen LogP contribution in [-0.2, 0) is 4.57 Å². The molecule has 4 nitrogen and oxygen atoms in total. The van der Waals surface area contributed by atoms with Crippen molar-refractivity contribution in [2.75, 3.05) is 0 Å². The second-order valence-corrected chi connectivity index (χ2v) is 16.1. The molecule has 2 heterocycles. The highest BCUT2D eigenvalue weighted by atomic mass is 31.2. The Balaban J connectivity index is 1.05. The van der Waals surface area contributed by atoms with Crippen molar-refractivity contribution in [1.82, 2.24) is 14.4 Å². The Morgan fingerprint density at radius 1 is 0.519 bits per heavy atom. The number of aromatic nitrogens is 3. The first-order valence-electron chi connectivity index (χ1n) is 18.1. The van der Waals surface area contributed by atoms with Gasteiger partial charge in [-0.25, -0.2) is 9.97 Å².